The first-order valence-electron chi connectivity index (χ1n) is 6.73. The van der Waals surface area contributed by atoms with Crippen LogP contribution < -0.4 is 15.5 Å². The van der Waals surface area contributed by atoms with Crippen LogP contribution in [0.5, 0.6) is 0 Å². The Morgan fingerprint density at radius 3 is 2.95 bits per heavy atom. The van der Waals surface area contributed by atoms with Crippen molar-refractivity contribution in [1.29, 1.82) is 0 Å². The molecule has 0 aliphatic carbocycles. The number of halogens is 1. The molecule has 1 saturated heterocycles. The van der Waals surface area contributed by atoms with Crippen LogP contribution in [0.25, 0.3) is 0 Å². The number of rotatable bonds is 3. The molecule has 2 aliphatic rings. The SMILES string of the molecule is CNC1C(=O)Nc2cc(N3CCC(OC)C3)c(Cl)cc21. The molecule has 2 unspecified atom stereocenters. The maximum atomic E-state index is 11.9. The van der Waals surface area contributed by atoms with Gasteiger partial charge in [0.05, 0.1) is 16.8 Å². The fourth-order valence-electron chi connectivity index (χ4n) is 2.94. The molecule has 0 spiro atoms. The first-order valence-corrected chi connectivity index (χ1v) is 7.11. The third-order valence-electron chi connectivity index (χ3n) is 4.06. The van der Waals surface area contributed by atoms with Gasteiger partial charge in [0.15, 0.2) is 0 Å². The number of methoxy groups -OCH3 is 1. The summed E-state index contributed by atoms with van der Waals surface area (Å²) in [6, 6.07) is 3.53. The predicted molar refractivity (Wildman–Crippen MR) is 79.5 cm³/mol. The van der Waals surface area contributed by atoms with Crippen molar-refractivity contribution < 1.29 is 9.53 Å². The number of carbonyl (C=O) groups excluding carboxylic acids is 1. The minimum absolute atomic E-state index is 0.0353. The first-order chi connectivity index (χ1) is 9.63. The molecule has 3 rings (SSSR count). The van der Waals surface area contributed by atoms with Crippen molar-refractivity contribution in [2.24, 2.45) is 0 Å². The first kappa shape index (κ1) is 13.7. The lowest BCUT2D eigenvalue weighted by Crippen LogP contribution is -2.23. The van der Waals surface area contributed by atoms with E-state index < -0.39 is 0 Å². The van der Waals surface area contributed by atoms with Gasteiger partial charge in [-0.25, -0.2) is 0 Å². The van der Waals surface area contributed by atoms with Gasteiger partial charge in [0, 0.05) is 31.5 Å². The van der Waals surface area contributed by atoms with Crippen molar-refractivity contribution >= 4 is 28.9 Å². The van der Waals surface area contributed by atoms with E-state index in [4.69, 9.17) is 16.3 Å². The molecule has 0 radical (unpaired) electrons. The maximum Gasteiger partial charge on any atom is 0.246 e. The third kappa shape index (κ3) is 2.16. The highest BCUT2D eigenvalue weighted by Crippen LogP contribution is 2.39. The molecule has 20 heavy (non-hydrogen) atoms. The lowest BCUT2D eigenvalue weighted by atomic mass is 10.1. The van der Waals surface area contributed by atoms with E-state index in [2.05, 4.69) is 15.5 Å². The highest BCUT2D eigenvalue weighted by Gasteiger charge is 2.32. The second-order valence-corrected chi connectivity index (χ2v) is 5.60. The quantitative estimate of drug-likeness (QED) is 0.892. The van der Waals surface area contributed by atoms with Crippen LogP contribution in [0.15, 0.2) is 12.1 Å². The van der Waals surface area contributed by atoms with Crippen LogP contribution >= 0.6 is 11.6 Å². The van der Waals surface area contributed by atoms with Crippen LogP contribution in [0.1, 0.15) is 18.0 Å². The predicted octanol–water partition coefficient (Wildman–Crippen LogP) is 1.78. The summed E-state index contributed by atoms with van der Waals surface area (Å²) in [5.41, 5.74) is 2.71. The van der Waals surface area contributed by atoms with Crippen LogP contribution in [0.3, 0.4) is 0 Å². The molecular formula is C14H18ClN3O2. The van der Waals surface area contributed by atoms with E-state index in [9.17, 15) is 4.79 Å². The van der Waals surface area contributed by atoms with Gasteiger partial charge in [-0.15, -0.1) is 0 Å². The zero-order valence-corrected chi connectivity index (χ0v) is 12.3. The van der Waals surface area contributed by atoms with Gasteiger partial charge in [-0.2, -0.15) is 0 Å². The summed E-state index contributed by atoms with van der Waals surface area (Å²) in [6.07, 6.45) is 1.24. The Morgan fingerprint density at radius 1 is 1.50 bits per heavy atom. The van der Waals surface area contributed by atoms with Crippen LogP contribution in [0, 0.1) is 0 Å². The molecule has 2 atom stereocenters. The Kier molecular flexibility index (Phi) is 3.58. The molecule has 1 amide bonds. The molecule has 0 aromatic heterocycles. The molecule has 1 aromatic carbocycles. The van der Waals surface area contributed by atoms with Crippen molar-refractivity contribution in [3.8, 4) is 0 Å². The number of likely N-dealkylation sites (N-methyl/N-ethyl adjacent to an activating group) is 1. The van der Waals surface area contributed by atoms with Crippen LogP contribution in [-0.2, 0) is 9.53 Å². The van der Waals surface area contributed by atoms with E-state index >= 15 is 0 Å². The topological polar surface area (TPSA) is 53.6 Å². The minimum atomic E-state index is -0.318. The van der Waals surface area contributed by atoms with Crippen molar-refractivity contribution in [2.45, 2.75) is 18.6 Å². The van der Waals surface area contributed by atoms with E-state index in [1.165, 1.54) is 0 Å². The number of amides is 1. The zero-order chi connectivity index (χ0) is 14.3. The standard InChI is InChI=1S/C14H18ClN3O2/c1-16-13-9-5-10(15)12(6-11(9)17-14(13)19)18-4-3-8(7-18)20-2/h5-6,8,13,16H,3-4,7H2,1-2H3,(H,17,19). The second-order valence-electron chi connectivity index (χ2n) is 5.19. The Bertz CT molecular complexity index is 549. The summed E-state index contributed by atoms with van der Waals surface area (Å²) in [5.74, 6) is -0.0353. The molecule has 0 saturated carbocycles. The Morgan fingerprint density at radius 2 is 2.30 bits per heavy atom. The largest absolute Gasteiger partial charge is 0.380 e. The number of carbonyl (C=O) groups is 1. The van der Waals surface area contributed by atoms with Crippen molar-refractivity contribution in [3.05, 3.63) is 22.7 Å². The average Bonchev–Trinajstić information content (AvgIpc) is 3.01. The zero-order valence-electron chi connectivity index (χ0n) is 11.6. The van der Waals surface area contributed by atoms with E-state index in [-0.39, 0.29) is 18.1 Å². The Hall–Kier alpha value is -1.30. The summed E-state index contributed by atoms with van der Waals surface area (Å²) in [5, 5.41) is 6.57. The van der Waals surface area contributed by atoms with Crippen LogP contribution in [0.2, 0.25) is 5.02 Å². The van der Waals surface area contributed by atoms with E-state index in [0.717, 1.165) is 36.4 Å². The van der Waals surface area contributed by atoms with E-state index in [1.807, 2.05) is 12.1 Å². The maximum absolute atomic E-state index is 11.9. The highest BCUT2D eigenvalue weighted by atomic mass is 35.5. The van der Waals surface area contributed by atoms with Gasteiger partial charge in [0.2, 0.25) is 5.91 Å². The fourth-order valence-corrected chi connectivity index (χ4v) is 3.23. The molecule has 1 fully saturated rings. The van der Waals surface area contributed by atoms with Gasteiger partial charge in [-0.05, 0) is 25.6 Å². The number of hydrogen-bond acceptors (Lipinski definition) is 4. The lowest BCUT2D eigenvalue weighted by molar-refractivity contribution is -0.117. The van der Waals surface area contributed by atoms with Gasteiger partial charge in [-0.1, -0.05) is 11.6 Å². The van der Waals surface area contributed by atoms with Gasteiger partial charge in [-0.3, -0.25) is 4.79 Å². The van der Waals surface area contributed by atoms with Crippen LogP contribution in [0.4, 0.5) is 11.4 Å². The second kappa shape index (κ2) is 5.24. The van der Waals surface area contributed by atoms with Crippen molar-refractivity contribution in [1.82, 2.24) is 5.32 Å². The number of fused-ring (bicyclic) bond motifs is 1. The van der Waals surface area contributed by atoms with Gasteiger partial charge in [0.25, 0.3) is 0 Å². The van der Waals surface area contributed by atoms with Gasteiger partial charge < -0.3 is 20.3 Å². The van der Waals surface area contributed by atoms with Gasteiger partial charge in [0.1, 0.15) is 6.04 Å². The monoisotopic (exact) mass is 295 g/mol. The number of ether oxygens (including phenoxy) is 1. The molecule has 0 bridgehead atoms. The summed E-state index contributed by atoms with van der Waals surface area (Å²) in [7, 11) is 3.50. The summed E-state index contributed by atoms with van der Waals surface area (Å²) >= 11 is 6.40. The van der Waals surface area contributed by atoms with Crippen LogP contribution in [-0.4, -0.2) is 39.3 Å². The smallest absolute Gasteiger partial charge is 0.246 e. The lowest BCUT2D eigenvalue weighted by Gasteiger charge is -2.21. The number of benzene rings is 1. The van der Waals surface area contributed by atoms with Crippen molar-refractivity contribution in [3.63, 3.8) is 0 Å². The normalized spacial score (nSPS) is 24.9. The highest BCUT2D eigenvalue weighted by molar-refractivity contribution is 6.33. The minimum Gasteiger partial charge on any atom is -0.380 e. The van der Waals surface area contributed by atoms with E-state index in [1.54, 1.807) is 14.2 Å². The third-order valence-corrected chi connectivity index (χ3v) is 4.36. The summed E-state index contributed by atoms with van der Waals surface area (Å²) in [4.78, 5) is 14.1. The van der Waals surface area contributed by atoms with Crippen molar-refractivity contribution in [2.75, 3.05) is 37.5 Å². The fraction of sp³-hybridized carbons (Fsp3) is 0.500. The average molecular weight is 296 g/mol. The molecule has 5 nitrogen and oxygen atoms in total. The van der Waals surface area contributed by atoms with Gasteiger partial charge >= 0.3 is 0 Å². The number of nitrogens with one attached hydrogen (secondary N) is 2. The molecule has 108 valence electrons. The molecule has 2 aliphatic heterocycles. The number of hydrogen-bond donors (Lipinski definition) is 2. The van der Waals surface area contributed by atoms with E-state index in [0.29, 0.717) is 5.02 Å². The molecule has 6 heteroatoms. The summed E-state index contributed by atoms with van der Waals surface area (Å²) < 4.78 is 5.38. The Labute approximate surface area is 123 Å². The summed E-state index contributed by atoms with van der Waals surface area (Å²) in [6.45, 7) is 1.75. The number of nitrogens with zero attached hydrogens (tertiary/aromatic N) is 1. The molecule has 2 heterocycles. The Balaban J connectivity index is 1.92. The molecule has 1 aromatic rings. The molecule has 2 N–H and O–H groups in total. The number of anilines is 2. The molecular weight excluding hydrogens is 278 g/mol.